The highest BCUT2D eigenvalue weighted by molar-refractivity contribution is 6.01. The van der Waals surface area contributed by atoms with Gasteiger partial charge in [0.1, 0.15) is 17.9 Å². The zero-order valence-corrected chi connectivity index (χ0v) is 18.1. The lowest BCUT2D eigenvalue weighted by atomic mass is 10.0. The lowest BCUT2D eigenvalue weighted by Gasteiger charge is -2.30. The number of nitrogens with one attached hydrogen (secondary N) is 1. The number of carbonyl (C=O) groups is 2. The molecule has 1 N–H and O–H groups in total. The average molecular weight is 433 g/mol. The number of nitrogens with zero attached hydrogens (tertiary/aromatic N) is 1. The Balaban J connectivity index is 1.24. The molecule has 6 nitrogen and oxygen atoms in total. The monoisotopic (exact) mass is 432 g/mol. The zero-order chi connectivity index (χ0) is 22.1. The van der Waals surface area contributed by atoms with Crippen molar-refractivity contribution in [3.63, 3.8) is 0 Å². The Morgan fingerprint density at radius 1 is 1.03 bits per heavy atom. The van der Waals surface area contributed by atoms with Crippen LogP contribution in [0.5, 0.6) is 5.75 Å². The predicted octanol–water partition coefficient (Wildman–Crippen LogP) is 3.95. The van der Waals surface area contributed by atoms with Crippen LogP contribution in [0, 0.1) is 0 Å². The maximum Gasteiger partial charge on any atom is 0.255 e. The minimum absolute atomic E-state index is 0.0000968. The van der Waals surface area contributed by atoms with Crippen molar-refractivity contribution in [2.45, 2.75) is 63.5 Å². The Labute approximate surface area is 188 Å². The molecule has 166 valence electrons. The van der Waals surface area contributed by atoms with Crippen molar-refractivity contribution < 1.29 is 19.1 Å². The van der Waals surface area contributed by atoms with Gasteiger partial charge in [0.2, 0.25) is 5.91 Å². The first kappa shape index (κ1) is 20.8. The minimum Gasteiger partial charge on any atom is -0.488 e. The van der Waals surface area contributed by atoms with Gasteiger partial charge in [-0.05, 0) is 61.4 Å². The van der Waals surface area contributed by atoms with Crippen molar-refractivity contribution >= 4 is 11.8 Å². The first-order valence-electron chi connectivity index (χ1n) is 11.3. The van der Waals surface area contributed by atoms with E-state index in [0.29, 0.717) is 37.3 Å². The second kappa shape index (κ2) is 8.79. The summed E-state index contributed by atoms with van der Waals surface area (Å²) in [6.07, 6.45) is 4.36. The number of fused-ring (bicyclic) bond motifs is 1. The van der Waals surface area contributed by atoms with Crippen molar-refractivity contribution in [3.05, 3.63) is 77.5 Å². The van der Waals surface area contributed by atoms with Crippen LogP contribution < -0.4 is 10.1 Å². The summed E-state index contributed by atoms with van der Waals surface area (Å²) in [6, 6.07) is 15.3. The largest absolute Gasteiger partial charge is 0.488 e. The molecule has 6 heteroatoms. The first-order chi connectivity index (χ1) is 15.6. The average Bonchev–Trinajstić information content (AvgIpc) is 3.37. The van der Waals surface area contributed by atoms with E-state index in [9.17, 15) is 9.59 Å². The van der Waals surface area contributed by atoms with Crippen LogP contribution in [0.3, 0.4) is 0 Å². The molecule has 0 radical (unpaired) electrons. The van der Waals surface area contributed by atoms with Gasteiger partial charge in [0.15, 0.2) is 0 Å². The molecule has 2 aliphatic heterocycles. The molecular weight excluding hydrogens is 404 g/mol. The fourth-order valence-electron chi connectivity index (χ4n) is 4.87. The molecule has 2 aromatic rings. The third kappa shape index (κ3) is 4.15. The lowest BCUT2D eigenvalue weighted by molar-refractivity contribution is -0.126. The third-order valence-corrected chi connectivity index (χ3v) is 6.59. The Kier molecular flexibility index (Phi) is 5.70. The number of hydrogen-bond acceptors (Lipinski definition) is 4. The van der Waals surface area contributed by atoms with E-state index in [2.05, 4.69) is 24.0 Å². The highest BCUT2D eigenvalue weighted by Crippen LogP contribution is 2.33. The van der Waals surface area contributed by atoms with E-state index < -0.39 is 6.04 Å². The van der Waals surface area contributed by atoms with Gasteiger partial charge in [-0.1, -0.05) is 36.9 Å². The number of ether oxygens (including phenoxy) is 2. The molecule has 3 atom stereocenters. The number of allylic oxidation sites excluding steroid dienone is 1. The van der Waals surface area contributed by atoms with E-state index in [-0.39, 0.29) is 24.0 Å². The van der Waals surface area contributed by atoms with Crippen LogP contribution in [0.15, 0.2) is 60.8 Å². The second-order valence-corrected chi connectivity index (χ2v) is 8.82. The summed E-state index contributed by atoms with van der Waals surface area (Å²) in [6.45, 7) is 4.82. The van der Waals surface area contributed by atoms with Gasteiger partial charge in [-0.25, -0.2) is 0 Å². The first-order valence-corrected chi connectivity index (χ1v) is 11.3. The van der Waals surface area contributed by atoms with Crippen LogP contribution in [-0.4, -0.2) is 35.0 Å². The number of carbonyl (C=O) groups excluding carboxylic acids is 2. The summed E-state index contributed by atoms with van der Waals surface area (Å²) in [5.74, 6) is 0.507. The zero-order valence-electron chi connectivity index (χ0n) is 18.1. The predicted molar refractivity (Wildman–Crippen MR) is 120 cm³/mol. The maximum atomic E-state index is 12.9. The molecule has 1 saturated heterocycles. The van der Waals surface area contributed by atoms with Crippen LogP contribution in [-0.2, 0) is 22.7 Å². The molecule has 1 unspecified atom stereocenters. The Bertz CT molecular complexity index is 1040. The second-order valence-electron chi connectivity index (χ2n) is 8.82. The summed E-state index contributed by atoms with van der Waals surface area (Å²) in [4.78, 5) is 27.0. The molecule has 1 aliphatic carbocycles. The molecular formula is C26H28N2O4. The smallest absolute Gasteiger partial charge is 0.255 e. The summed E-state index contributed by atoms with van der Waals surface area (Å²) in [5.41, 5.74) is 3.43. The molecule has 32 heavy (non-hydrogen) atoms. The summed E-state index contributed by atoms with van der Waals surface area (Å²) in [5, 5.41) is 2.78. The molecule has 0 spiro atoms. The molecule has 3 aliphatic rings. The summed E-state index contributed by atoms with van der Waals surface area (Å²) >= 11 is 0. The SMILES string of the molecule is C=C1CCC(N2Cc3cc(O[C@@H]4CCC[C@H]4OCc4ccccc4)ccc3C2=O)C(=O)N1. The van der Waals surface area contributed by atoms with Crippen molar-refractivity contribution in [1.82, 2.24) is 10.2 Å². The van der Waals surface area contributed by atoms with Gasteiger partial charge >= 0.3 is 0 Å². The topological polar surface area (TPSA) is 67.9 Å². The van der Waals surface area contributed by atoms with Crippen LogP contribution in [0.25, 0.3) is 0 Å². The fraction of sp³-hybridized carbons (Fsp3) is 0.385. The van der Waals surface area contributed by atoms with E-state index in [4.69, 9.17) is 9.47 Å². The van der Waals surface area contributed by atoms with Crippen molar-refractivity contribution in [2.24, 2.45) is 0 Å². The maximum absolute atomic E-state index is 12.9. The van der Waals surface area contributed by atoms with Gasteiger partial charge in [-0.3, -0.25) is 9.59 Å². The van der Waals surface area contributed by atoms with Gasteiger partial charge in [0, 0.05) is 17.8 Å². The van der Waals surface area contributed by atoms with Gasteiger partial charge in [0.25, 0.3) is 5.91 Å². The van der Waals surface area contributed by atoms with Crippen molar-refractivity contribution in [1.29, 1.82) is 0 Å². The summed E-state index contributed by atoms with van der Waals surface area (Å²) in [7, 11) is 0. The van der Waals surface area contributed by atoms with Crippen molar-refractivity contribution in [2.75, 3.05) is 0 Å². The number of piperidine rings is 1. The van der Waals surface area contributed by atoms with E-state index in [1.165, 1.54) is 0 Å². The van der Waals surface area contributed by atoms with E-state index in [1.807, 2.05) is 36.4 Å². The van der Waals surface area contributed by atoms with Crippen LogP contribution >= 0.6 is 0 Å². The molecule has 2 fully saturated rings. The van der Waals surface area contributed by atoms with Gasteiger partial charge in [-0.2, -0.15) is 0 Å². The molecule has 5 rings (SSSR count). The Morgan fingerprint density at radius 3 is 2.66 bits per heavy atom. The third-order valence-electron chi connectivity index (χ3n) is 6.59. The van der Waals surface area contributed by atoms with Gasteiger partial charge in [0.05, 0.1) is 12.7 Å². The number of hydrogen-bond donors (Lipinski definition) is 1. The van der Waals surface area contributed by atoms with E-state index in [1.54, 1.807) is 4.90 Å². The van der Waals surface area contributed by atoms with Gasteiger partial charge in [-0.15, -0.1) is 0 Å². The Morgan fingerprint density at radius 2 is 1.84 bits per heavy atom. The molecule has 2 heterocycles. The molecule has 0 bridgehead atoms. The Hall–Kier alpha value is -3.12. The van der Waals surface area contributed by atoms with Crippen LogP contribution in [0.1, 0.15) is 53.6 Å². The fourth-order valence-corrected chi connectivity index (χ4v) is 4.87. The molecule has 2 amide bonds. The molecule has 0 aromatic heterocycles. The highest BCUT2D eigenvalue weighted by atomic mass is 16.5. The molecule has 1 saturated carbocycles. The van der Waals surface area contributed by atoms with Crippen molar-refractivity contribution in [3.8, 4) is 5.75 Å². The number of rotatable bonds is 6. The standard InChI is InChI=1S/C26H28N2O4/c1-17-10-13-22(25(29)27-17)28-15-19-14-20(11-12-21(19)26(28)30)32-24-9-5-8-23(24)31-16-18-6-3-2-4-7-18/h2-4,6-7,11-12,14,22-24H,1,5,8-10,13,15-16H2,(H,27,29)/t22?,23-,24-/m1/s1. The van der Waals surface area contributed by atoms with Crippen LogP contribution in [0.4, 0.5) is 0 Å². The normalized spacial score (nSPS) is 25.1. The quantitative estimate of drug-likeness (QED) is 0.751. The van der Waals surface area contributed by atoms with E-state index >= 15 is 0 Å². The number of amides is 2. The number of benzene rings is 2. The minimum atomic E-state index is -0.449. The van der Waals surface area contributed by atoms with E-state index in [0.717, 1.165) is 36.1 Å². The highest BCUT2D eigenvalue weighted by Gasteiger charge is 2.38. The van der Waals surface area contributed by atoms with Gasteiger partial charge < -0.3 is 19.7 Å². The summed E-state index contributed by atoms with van der Waals surface area (Å²) < 4.78 is 12.5. The van der Waals surface area contributed by atoms with Crippen LogP contribution in [0.2, 0.25) is 0 Å². The molecule has 2 aromatic carbocycles. The lowest BCUT2D eigenvalue weighted by Crippen LogP contribution is -2.49.